The number of rotatable bonds is 2. The van der Waals surface area contributed by atoms with Gasteiger partial charge in [-0.3, -0.25) is 0 Å². The van der Waals surface area contributed by atoms with Crippen molar-refractivity contribution < 1.29 is 4.74 Å². The van der Waals surface area contributed by atoms with Crippen molar-refractivity contribution in [3.63, 3.8) is 0 Å². The van der Waals surface area contributed by atoms with Crippen LogP contribution in [0, 0.1) is 12.3 Å². The number of hydrogen-bond acceptors (Lipinski definition) is 1. The van der Waals surface area contributed by atoms with E-state index in [0.29, 0.717) is 0 Å². The summed E-state index contributed by atoms with van der Waals surface area (Å²) in [5, 5.41) is 0. The van der Waals surface area contributed by atoms with Gasteiger partial charge in [0, 0.05) is 5.41 Å². The molecule has 0 saturated carbocycles. The molecule has 1 atom stereocenters. The van der Waals surface area contributed by atoms with Crippen LogP contribution in [-0.2, 0) is 6.42 Å². The van der Waals surface area contributed by atoms with E-state index in [0.717, 1.165) is 12.2 Å². The highest BCUT2D eigenvalue weighted by Gasteiger charge is 2.40. The van der Waals surface area contributed by atoms with Crippen LogP contribution in [-0.4, -0.2) is 0 Å². The largest absolute Gasteiger partial charge is 0.485 e. The summed E-state index contributed by atoms with van der Waals surface area (Å²) in [6.45, 7) is 6.68. The van der Waals surface area contributed by atoms with E-state index < -0.39 is 0 Å². The van der Waals surface area contributed by atoms with Gasteiger partial charge in [-0.05, 0) is 36.1 Å². The zero-order valence-corrected chi connectivity index (χ0v) is 11.8. The molecule has 0 aliphatic heterocycles. The second kappa shape index (κ2) is 4.41. The monoisotopic (exact) mass is 252 g/mol. The predicted molar refractivity (Wildman–Crippen MR) is 78.5 cm³/mol. The molecule has 2 aromatic rings. The van der Waals surface area contributed by atoms with Crippen molar-refractivity contribution in [1.29, 1.82) is 0 Å². The van der Waals surface area contributed by atoms with Crippen molar-refractivity contribution in [2.24, 2.45) is 5.41 Å². The molecular formula is C18H20O. The number of aryl methyl sites for hydroxylation is 1. The van der Waals surface area contributed by atoms with Crippen molar-refractivity contribution in [2.75, 3.05) is 0 Å². The summed E-state index contributed by atoms with van der Waals surface area (Å²) in [4.78, 5) is 0. The van der Waals surface area contributed by atoms with Crippen LogP contribution < -0.4 is 4.74 Å². The van der Waals surface area contributed by atoms with E-state index >= 15 is 0 Å². The number of fused-ring (bicyclic) bond motifs is 1. The summed E-state index contributed by atoms with van der Waals surface area (Å²) in [7, 11) is 0. The molecule has 1 aliphatic carbocycles. The number of benzene rings is 2. The average Bonchev–Trinajstić information content (AvgIpc) is 2.63. The van der Waals surface area contributed by atoms with Crippen LogP contribution in [0.25, 0.3) is 0 Å². The maximum atomic E-state index is 6.35. The lowest BCUT2D eigenvalue weighted by atomic mass is 9.87. The minimum atomic E-state index is 0.143. The quantitative estimate of drug-likeness (QED) is 0.753. The molecule has 0 aromatic heterocycles. The van der Waals surface area contributed by atoms with Crippen molar-refractivity contribution in [2.45, 2.75) is 33.3 Å². The Morgan fingerprint density at radius 2 is 1.68 bits per heavy atom. The second-order valence-corrected chi connectivity index (χ2v) is 6.13. The molecule has 98 valence electrons. The Morgan fingerprint density at radius 1 is 1.00 bits per heavy atom. The van der Waals surface area contributed by atoms with Crippen LogP contribution in [0.5, 0.6) is 5.75 Å². The first kappa shape index (κ1) is 12.3. The van der Waals surface area contributed by atoms with E-state index in [4.69, 9.17) is 4.74 Å². The van der Waals surface area contributed by atoms with E-state index in [2.05, 4.69) is 63.2 Å². The van der Waals surface area contributed by atoms with Gasteiger partial charge in [-0.1, -0.05) is 56.3 Å². The topological polar surface area (TPSA) is 9.23 Å². The van der Waals surface area contributed by atoms with Gasteiger partial charge in [0.15, 0.2) is 0 Å². The SMILES string of the molecule is Cc1ccccc1O[C@H]1c2ccccc2CC1(C)C. The molecule has 0 bridgehead atoms. The molecular weight excluding hydrogens is 232 g/mol. The average molecular weight is 252 g/mol. The molecule has 0 spiro atoms. The fourth-order valence-electron chi connectivity index (χ4n) is 2.99. The fourth-order valence-corrected chi connectivity index (χ4v) is 2.99. The Morgan fingerprint density at radius 3 is 2.47 bits per heavy atom. The maximum absolute atomic E-state index is 6.35. The van der Waals surface area contributed by atoms with Gasteiger partial charge < -0.3 is 4.74 Å². The van der Waals surface area contributed by atoms with Crippen molar-refractivity contribution in [3.8, 4) is 5.75 Å². The first-order valence-electron chi connectivity index (χ1n) is 6.88. The van der Waals surface area contributed by atoms with Gasteiger partial charge in [-0.2, -0.15) is 0 Å². The van der Waals surface area contributed by atoms with Crippen LogP contribution >= 0.6 is 0 Å². The van der Waals surface area contributed by atoms with Crippen LogP contribution in [0.4, 0.5) is 0 Å². The summed E-state index contributed by atoms with van der Waals surface area (Å²) in [6.07, 6.45) is 1.23. The highest BCUT2D eigenvalue weighted by Crippen LogP contribution is 2.47. The Kier molecular flexibility index (Phi) is 2.85. The lowest BCUT2D eigenvalue weighted by molar-refractivity contribution is 0.0897. The Balaban J connectivity index is 1.98. The second-order valence-electron chi connectivity index (χ2n) is 6.13. The standard InChI is InChI=1S/C18H20O/c1-13-8-4-7-11-16(13)19-17-15-10-6-5-9-14(15)12-18(17,2)3/h4-11,17H,12H2,1-3H3/t17-/m0/s1. The van der Waals surface area contributed by atoms with Crippen molar-refractivity contribution in [3.05, 3.63) is 65.2 Å². The number of ether oxygens (including phenoxy) is 1. The lowest BCUT2D eigenvalue weighted by Crippen LogP contribution is -2.22. The van der Waals surface area contributed by atoms with Crippen LogP contribution in [0.3, 0.4) is 0 Å². The predicted octanol–water partition coefficient (Wildman–Crippen LogP) is 4.70. The van der Waals surface area contributed by atoms with E-state index in [1.54, 1.807) is 0 Å². The van der Waals surface area contributed by atoms with Gasteiger partial charge >= 0.3 is 0 Å². The minimum absolute atomic E-state index is 0.143. The van der Waals surface area contributed by atoms with Gasteiger partial charge in [0.05, 0.1) is 0 Å². The third kappa shape index (κ3) is 2.14. The molecule has 2 aromatic carbocycles. The van der Waals surface area contributed by atoms with Crippen LogP contribution in [0.2, 0.25) is 0 Å². The molecule has 1 nitrogen and oxygen atoms in total. The summed E-state index contributed by atoms with van der Waals surface area (Å²) in [5.41, 5.74) is 4.11. The summed E-state index contributed by atoms with van der Waals surface area (Å²) < 4.78 is 6.35. The zero-order chi connectivity index (χ0) is 13.5. The number of hydrogen-bond donors (Lipinski definition) is 0. The lowest BCUT2D eigenvalue weighted by Gasteiger charge is -2.29. The molecule has 0 saturated heterocycles. The van der Waals surface area contributed by atoms with Gasteiger partial charge in [0.25, 0.3) is 0 Å². The zero-order valence-electron chi connectivity index (χ0n) is 11.8. The van der Waals surface area contributed by atoms with Crippen LogP contribution in [0.1, 0.15) is 36.6 Å². The Labute approximate surface area is 115 Å². The van der Waals surface area contributed by atoms with E-state index in [-0.39, 0.29) is 11.5 Å². The van der Waals surface area contributed by atoms with Gasteiger partial charge in [0.1, 0.15) is 11.9 Å². The first-order chi connectivity index (χ1) is 9.08. The highest BCUT2D eigenvalue weighted by atomic mass is 16.5. The highest BCUT2D eigenvalue weighted by molar-refractivity contribution is 5.39. The minimum Gasteiger partial charge on any atom is -0.485 e. The van der Waals surface area contributed by atoms with Gasteiger partial charge in [0.2, 0.25) is 0 Å². The van der Waals surface area contributed by atoms with E-state index in [1.807, 2.05) is 6.07 Å². The van der Waals surface area contributed by atoms with Crippen LogP contribution in [0.15, 0.2) is 48.5 Å². The molecule has 1 aliphatic rings. The molecule has 0 heterocycles. The summed E-state index contributed by atoms with van der Waals surface area (Å²) in [6, 6.07) is 16.9. The maximum Gasteiger partial charge on any atom is 0.129 e. The fraction of sp³-hybridized carbons (Fsp3) is 0.333. The first-order valence-corrected chi connectivity index (χ1v) is 6.88. The molecule has 0 unspecified atom stereocenters. The van der Waals surface area contributed by atoms with Gasteiger partial charge in [-0.25, -0.2) is 0 Å². The number of para-hydroxylation sites is 1. The summed E-state index contributed by atoms with van der Waals surface area (Å²) in [5.74, 6) is 0.997. The molecule has 0 radical (unpaired) electrons. The summed E-state index contributed by atoms with van der Waals surface area (Å²) >= 11 is 0. The normalized spacial score (nSPS) is 20.1. The van der Waals surface area contributed by atoms with E-state index in [1.165, 1.54) is 16.7 Å². The molecule has 3 rings (SSSR count). The Bertz CT molecular complexity index is 598. The molecule has 1 heteroatoms. The third-order valence-electron chi connectivity index (χ3n) is 4.03. The molecule has 0 N–H and O–H groups in total. The van der Waals surface area contributed by atoms with Crippen molar-refractivity contribution >= 4 is 0 Å². The third-order valence-corrected chi connectivity index (χ3v) is 4.03. The van der Waals surface area contributed by atoms with E-state index in [9.17, 15) is 0 Å². The molecule has 0 fully saturated rings. The molecule has 0 amide bonds. The smallest absolute Gasteiger partial charge is 0.129 e. The van der Waals surface area contributed by atoms with Crippen molar-refractivity contribution in [1.82, 2.24) is 0 Å². The molecule has 19 heavy (non-hydrogen) atoms. The Hall–Kier alpha value is -1.76. The van der Waals surface area contributed by atoms with Gasteiger partial charge in [-0.15, -0.1) is 0 Å².